The predicted octanol–water partition coefficient (Wildman–Crippen LogP) is 2.17. The van der Waals surface area contributed by atoms with Gasteiger partial charge in [0.1, 0.15) is 5.82 Å². The maximum absolute atomic E-state index is 6.16. The predicted molar refractivity (Wildman–Crippen MR) is 71.2 cm³/mol. The van der Waals surface area contributed by atoms with Crippen LogP contribution in [-0.4, -0.2) is 23.0 Å². The van der Waals surface area contributed by atoms with E-state index < -0.39 is 0 Å². The summed E-state index contributed by atoms with van der Waals surface area (Å²) in [6.07, 6.45) is 1.02. The molecule has 0 amide bonds. The van der Waals surface area contributed by atoms with E-state index >= 15 is 0 Å². The summed E-state index contributed by atoms with van der Waals surface area (Å²) < 4.78 is 7.22. The third kappa shape index (κ3) is 1.78. The van der Waals surface area contributed by atoms with Gasteiger partial charge in [-0.2, -0.15) is 5.10 Å². The highest BCUT2D eigenvalue weighted by Gasteiger charge is 2.26. The first kappa shape index (κ1) is 11.3. The van der Waals surface area contributed by atoms with E-state index in [0.29, 0.717) is 5.92 Å². The summed E-state index contributed by atoms with van der Waals surface area (Å²) in [5.74, 6) is 1.09. The minimum Gasteiger partial charge on any atom is -0.383 e. The third-order valence-corrected chi connectivity index (χ3v) is 3.50. The smallest absolute Gasteiger partial charge is 0.129 e. The number of anilines is 1. The van der Waals surface area contributed by atoms with E-state index in [1.807, 2.05) is 25.2 Å². The molecule has 0 saturated carbocycles. The van der Waals surface area contributed by atoms with Crippen LogP contribution in [0.1, 0.15) is 18.0 Å². The molecule has 1 atom stereocenters. The number of aryl methyl sites for hydroxylation is 1. The lowest BCUT2D eigenvalue weighted by atomic mass is 9.96. The van der Waals surface area contributed by atoms with Crippen LogP contribution in [0.15, 0.2) is 30.3 Å². The largest absolute Gasteiger partial charge is 0.383 e. The highest BCUT2D eigenvalue weighted by atomic mass is 16.5. The van der Waals surface area contributed by atoms with Crippen LogP contribution < -0.4 is 5.73 Å². The van der Waals surface area contributed by atoms with Crippen LogP contribution in [0.5, 0.6) is 0 Å². The second kappa shape index (κ2) is 4.46. The number of hydrogen-bond acceptors (Lipinski definition) is 3. The number of ether oxygens (including phenoxy) is 1. The van der Waals surface area contributed by atoms with Crippen LogP contribution in [0.25, 0.3) is 11.1 Å². The Morgan fingerprint density at radius 2 is 2.11 bits per heavy atom. The molecule has 1 aromatic carbocycles. The van der Waals surface area contributed by atoms with Gasteiger partial charge in [-0.1, -0.05) is 30.3 Å². The molecule has 2 heterocycles. The van der Waals surface area contributed by atoms with Gasteiger partial charge in [-0.3, -0.25) is 4.68 Å². The molecule has 18 heavy (non-hydrogen) atoms. The fourth-order valence-electron chi connectivity index (χ4n) is 2.50. The molecule has 1 saturated heterocycles. The van der Waals surface area contributed by atoms with Crippen molar-refractivity contribution in [3.05, 3.63) is 36.0 Å². The van der Waals surface area contributed by atoms with Crippen molar-refractivity contribution in [2.75, 3.05) is 18.9 Å². The van der Waals surface area contributed by atoms with Gasteiger partial charge in [-0.05, 0) is 12.0 Å². The first-order chi connectivity index (χ1) is 8.77. The van der Waals surface area contributed by atoms with Crippen LogP contribution in [0.3, 0.4) is 0 Å². The van der Waals surface area contributed by atoms with Gasteiger partial charge in [0.2, 0.25) is 0 Å². The van der Waals surface area contributed by atoms with E-state index in [-0.39, 0.29) is 0 Å². The molecular formula is C14H17N3O. The van der Waals surface area contributed by atoms with Crippen molar-refractivity contribution in [2.45, 2.75) is 12.3 Å². The van der Waals surface area contributed by atoms with E-state index in [1.54, 1.807) is 4.68 Å². The Labute approximate surface area is 106 Å². The fourth-order valence-corrected chi connectivity index (χ4v) is 2.50. The Morgan fingerprint density at radius 1 is 1.33 bits per heavy atom. The van der Waals surface area contributed by atoms with Crippen molar-refractivity contribution in [2.24, 2.45) is 7.05 Å². The molecule has 94 valence electrons. The number of benzene rings is 1. The first-order valence-corrected chi connectivity index (χ1v) is 6.23. The van der Waals surface area contributed by atoms with Crippen molar-refractivity contribution in [1.82, 2.24) is 9.78 Å². The lowest BCUT2D eigenvalue weighted by Crippen LogP contribution is -2.01. The van der Waals surface area contributed by atoms with Crippen LogP contribution >= 0.6 is 0 Å². The summed E-state index contributed by atoms with van der Waals surface area (Å²) >= 11 is 0. The quantitative estimate of drug-likeness (QED) is 0.879. The number of nitrogen functional groups attached to an aromatic ring is 1. The number of nitrogens with two attached hydrogens (primary N) is 1. The van der Waals surface area contributed by atoms with Crippen molar-refractivity contribution >= 4 is 5.82 Å². The monoisotopic (exact) mass is 243 g/mol. The SMILES string of the molecule is Cn1nc(C2CCOC2)c(-c2ccccc2)c1N. The number of nitrogens with zero attached hydrogens (tertiary/aromatic N) is 2. The summed E-state index contributed by atoms with van der Waals surface area (Å²) in [7, 11) is 1.89. The summed E-state index contributed by atoms with van der Waals surface area (Å²) in [5, 5.41) is 4.58. The summed E-state index contributed by atoms with van der Waals surface area (Å²) in [6.45, 7) is 1.56. The van der Waals surface area contributed by atoms with Crippen LogP contribution in [0.4, 0.5) is 5.82 Å². The molecule has 2 N–H and O–H groups in total. The number of aromatic nitrogens is 2. The zero-order chi connectivity index (χ0) is 12.5. The van der Waals surface area contributed by atoms with E-state index in [1.165, 1.54) is 0 Å². The minimum atomic E-state index is 0.365. The van der Waals surface area contributed by atoms with E-state index in [0.717, 1.165) is 42.3 Å². The van der Waals surface area contributed by atoms with Gasteiger partial charge < -0.3 is 10.5 Å². The van der Waals surface area contributed by atoms with E-state index in [9.17, 15) is 0 Å². The molecule has 1 aliphatic rings. The molecule has 3 rings (SSSR count). The van der Waals surface area contributed by atoms with Gasteiger partial charge in [0.15, 0.2) is 0 Å². The van der Waals surface area contributed by atoms with Gasteiger partial charge in [0.25, 0.3) is 0 Å². The van der Waals surface area contributed by atoms with Crippen LogP contribution in [0, 0.1) is 0 Å². The Morgan fingerprint density at radius 3 is 2.78 bits per heavy atom. The molecule has 1 aliphatic heterocycles. The molecule has 0 spiro atoms. The lowest BCUT2D eigenvalue weighted by molar-refractivity contribution is 0.193. The van der Waals surface area contributed by atoms with Crippen molar-refractivity contribution in [1.29, 1.82) is 0 Å². The van der Waals surface area contributed by atoms with Crippen LogP contribution in [-0.2, 0) is 11.8 Å². The fraction of sp³-hybridized carbons (Fsp3) is 0.357. The first-order valence-electron chi connectivity index (χ1n) is 6.23. The second-order valence-electron chi connectivity index (χ2n) is 4.70. The Kier molecular flexibility index (Phi) is 2.80. The van der Waals surface area contributed by atoms with Crippen molar-refractivity contribution < 1.29 is 4.74 Å². The van der Waals surface area contributed by atoms with Gasteiger partial charge in [-0.15, -0.1) is 0 Å². The molecule has 0 radical (unpaired) electrons. The van der Waals surface area contributed by atoms with Gasteiger partial charge in [-0.25, -0.2) is 0 Å². The zero-order valence-electron chi connectivity index (χ0n) is 10.5. The maximum atomic E-state index is 6.16. The molecule has 0 bridgehead atoms. The van der Waals surface area contributed by atoms with Gasteiger partial charge >= 0.3 is 0 Å². The summed E-state index contributed by atoms with van der Waals surface area (Å²) in [4.78, 5) is 0. The standard InChI is InChI=1S/C14H17N3O/c1-17-14(15)12(10-5-3-2-4-6-10)13(16-17)11-7-8-18-9-11/h2-6,11H,7-9,15H2,1H3. The third-order valence-electron chi connectivity index (χ3n) is 3.50. The van der Waals surface area contributed by atoms with Gasteiger partial charge in [0.05, 0.1) is 12.3 Å². The maximum Gasteiger partial charge on any atom is 0.129 e. The average Bonchev–Trinajstić information content (AvgIpc) is 3.00. The average molecular weight is 243 g/mol. The molecule has 4 heteroatoms. The molecule has 1 fully saturated rings. The molecule has 1 aromatic heterocycles. The molecule has 0 aliphatic carbocycles. The molecule has 4 nitrogen and oxygen atoms in total. The Balaban J connectivity index is 2.12. The van der Waals surface area contributed by atoms with Crippen LogP contribution in [0.2, 0.25) is 0 Å². The minimum absolute atomic E-state index is 0.365. The second-order valence-corrected chi connectivity index (χ2v) is 4.70. The lowest BCUT2D eigenvalue weighted by Gasteiger charge is -2.08. The normalized spacial score (nSPS) is 19.3. The summed E-state index contributed by atoms with van der Waals surface area (Å²) in [6, 6.07) is 10.2. The van der Waals surface area contributed by atoms with Crippen molar-refractivity contribution in [3.63, 3.8) is 0 Å². The highest BCUT2D eigenvalue weighted by molar-refractivity contribution is 5.77. The highest BCUT2D eigenvalue weighted by Crippen LogP contribution is 2.36. The zero-order valence-corrected chi connectivity index (χ0v) is 10.5. The van der Waals surface area contributed by atoms with Crippen molar-refractivity contribution in [3.8, 4) is 11.1 Å². The number of rotatable bonds is 2. The summed E-state index contributed by atoms with van der Waals surface area (Å²) in [5.41, 5.74) is 9.42. The van der Waals surface area contributed by atoms with E-state index in [4.69, 9.17) is 10.5 Å². The topological polar surface area (TPSA) is 53.1 Å². The molecular weight excluding hydrogens is 226 g/mol. The molecule has 1 unspecified atom stereocenters. The van der Waals surface area contributed by atoms with E-state index in [2.05, 4.69) is 17.2 Å². The Bertz CT molecular complexity index is 542. The molecule has 2 aromatic rings. The van der Waals surface area contributed by atoms with Gasteiger partial charge in [0, 0.05) is 25.1 Å². The number of hydrogen-bond donors (Lipinski definition) is 1. The Hall–Kier alpha value is -1.81.